The Morgan fingerprint density at radius 3 is 1.77 bits per heavy atom. The minimum absolute atomic E-state index is 0.555. The lowest BCUT2D eigenvalue weighted by Crippen LogP contribution is -2.05. The molecule has 2 saturated heterocycles. The van der Waals surface area contributed by atoms with Crippen molar-refractivity contribution in [2.75, 3.05) is 0 Å². The Labute approximate surface area is 89.4 Å². The molecule has 0 aromatic heterocycles. The lowest BCUT2D eigenvalue weighted by atomic mass is 10.2. The number of ether oxygens (including phenoxy) is 1. The third kappa shape index (κ3) is 2.80. The van der Waals surface area contributed by atoms with E-state index in [2.05, 4.69) is 13.8 Å². The van der Waals surface area contributed by atoms with E-state index in [1.54, 1.807) is 0 Å². The Balaban J connectivity index is 1.56. The van der Waals surface area contributed by atoms with Crippen LogP contribution in [0.2, 0.25) is 0 Å². The van der Waals surface area contributed by atoms with Gasteiger partial charge in [0.2, 0.25) is 0 Å². The molecule has 4 unspecified atom stereocenters. The summed E-state index contributed by atoms with van der Waals surface area (Å²) in [6.45, 7) is 4.50. The van der Waals surface area contributed by atoms with Gasteiger partial charge in [-0.25, -0.2) is 0 Å². The van der Waals surface area contributed by atoms with Gasteiger partial charge in [-0.3, -0.25) is 0 Å². The van der Waals surface area contributed by atoms with Crippen LogP contribution in [0.4, 0.5) is 0 Å². The molecule has 2 aliphatic heterocycles. The zero-order valence-electron chi connectivity index (χ0n) is 8.36. The van der Waals surface area contributed by atoms with Crippen molar-refractivity contribution in [1.29, 1.82) is 0 Å². The normalized spacial score (nSPS) is 42.0. The summed E-state index contributed by atoms with van der Waals surface area (Å²) in [5, 5.41) is 1.65. The third-order valence-electron chi connectivity index (χ3n) is 2.49. The van der Waals surface area contributed by atoms with Gasteiger partial charge < -0.3 is 4.74 Å². The molecule has 0 saturated carbocycles. The predicted octanol–water partition coefficient (Wildman–Crippen LogP) is 3.49. The quantitative estimate of drug-likeness (QED) is 0.632. The van der Waals surface area contributed by atoms with Gasteiger partial charge in [-0.15, -0.1) is 23.5 Å². The van der Waals surface area contributed by atoms with E-state index in [9.17, 15) is 0 Å². The molecule has 3 heteroatoms. The minimum Gasteiger partial charge on any atom is -0.351 e. The molecule has 0 bridgehead atoms. The number of hydrogen-bond acceptors (Lipinski definition) is 3. The van der Waals surface area contributed by atoms with Gasteiger partial charge >= 0.3 is 0 Å². The first-order chi connectivity index (χ1) is 6.35. The van der Waals surface area contributed by atoms with Crippen LogP contribution in [0.1, 0.15) is 39.5 Å². The van der Waals surface area contributed by atoms with Gasteiger partial charge in [0.05, 0.1) is 0 Å². The van der Waals surface area contributed by atoms with Crippen LogP contribution in [-0.4, -0.2) is 21.4 Å². The second-order valence-electron chi connectivity index (χ2n) is 3.80. The first kappa shape index (κ1) is 10.2. The van der Waals surface area contributed by atoms with E-state index in [-0.39, 0.29) is 0 Å². The lowest BCUT2D eigenvalue weighted by molar-refractivity contribution is 0.126. The van der Waals surface area contributed by atoms with Crippen LogP contribution in [0, 0.1) is 0 Å². The minimum atomic E-state index is 0.555. The number of thioether (sulfide) groups is 2. The molecule has 0 aliphatic carbocycles. The van der Waals surface area contributed by atoms with Crippen molar-refractivity contribution in [3.05, 3.63) is 0 Å². The smallest absolute Gasteiger partial charge is 0.117 e. The van der Waals surface area contributed by atoms with Crippen LogP contribution >= 0.6 is 23.5 Å². The monoisotopic (exact) mass is 218 g/mol. The summed E-state index contributed by atoms with van der Waals surface area (Å²) >= 11 is 4.03. The molecule has 2 rings (SSSR count). The molecule has 0 radical (unpaired) electrons. The standard InChI is InChI=1S/C10H18OS2/c1-3-5-7-9(12-7)11-10-8(13-10)6-4-2/h7-10H,3-6H2,1-2H3. The summed E-state index contributed by atoms with van der Waals surface area (Å²) in [5.74, 6) is 0. The zero-order valence-corrected chi connectivity index (χ0v) is 10.00. The molecule has 0 amide bonds. The molecular weight excluding hydrogens is 200 g/mol. The van der Waals surface area contributed by atoms with Crippen molar-refractivity contribution >= 4 is 23.5 Å². The topological polar surface area (TPSA) is 9.23 Å². The molecular formula is C10H18OS2. The van der Waals surface area contributed by atoms with Crippen molar-refractivity contribution in [3.8, 4) is 0 Å². The highest BCUT2D eigenvalue weighted by Gasteiger charge is 2.47. The van der Waals surface area contributed by atoms with E-state index in [1.807, 2.05) is 23.5 Å². The fraction of sp³-hybridized carbons (Fsp3) is 1.00. The summed E-state index contributed by atoms with van der Waals surface area (Å²) < 4.78 is 5.93. The zero-order chi connectivity index (χ0) is 9.26. The maximum absolute atomic E-state index is 5.93. The van der Waals surface area contributed by atoms with Gasteiger partial charge in [-0.2, -0.15) is 0 Å². The Morgan fingerprint density at radius 1 is 0.923 bits per heavy atom. The summed E-state index contributed by atoms with van der Waals surface area (Å²) in [6, 6.07) is 0. The molecule has 0 N–H and O–H groups in total. The predicted molar refractivity (Wildman–Crippen MR) is 61.2 cm³/mol. The van der Waals surface area contributed by atoms with E-state index in [0.29, 0.717) is 10.9 Å². The first-order valence-electron chi connectivity index (χ1n) is 5.31. The first-order valence-corrected chi connectivity index (χ1v) is 7.20. The average Bonchev–Trinajstić information content (AvgIpc) is 2.97. The lowest BCUT2D eigenvalue weighted by Gasteiger charge is -1.97. The van der Waals surface area contributed by atoms with Crippen molar-refractivity contribution in [3.63, 3.8) is 0 Å². The van der Waals surface area contributed by atoms with Crippen LogP contribution in [0.3, 0.4) is 0 Å². The maximum atomic E-state index is 5.93. The molecule has 0 aromatic rings. The van der Waals surface area contributed by atoms with E-state index in [1.165, 1.54) is 25.7 Å². The Kier molecular flexibility index (Phi) is 3.49. The van der Waals surface area contributed by atoms with Crippen LogP contribution in [0.25, 0.3) is 0 Å². The van der Waals surface area contributed by atoms with E-state index >= 15 is 0 Å². The van der Waals surface area contributed by atoms with Crippen molar-refractivity contribution in [2.24, 2.45) is 0 Å². The third-order valence-corrected chi connectivity index (χ3v) is 4.94. The summed E-state index contributed by atoms with van der Waals surface area (Å²) in [4.78, 5) is 0. The molecule has 2 heterocycles. The van der Waals surface area contributed by atoms with Crippen LogP contribution < -0.4 is 0 Å². The Bertz CT molecular complexity index is 156. The fourth-order valence-electron chi connectivity index (χ4n) is 1.60. The highest BCUT2D eigenvalue weighted by Crippen LogP contribution is 2.53. The molecule has 13 heavy (non-hydrogen) atoms. The SMILES string of the molecule is CCCC1SC1OC1SC1CCC. The molecule has 4 atom stereocenters. The van der Waals surface area contributed by atoms with Gasteiger partial charge in [0, 0.05) is 10.5 Å². The number of rotatable bonds is 6. The van der Waals surface area contributed by atoms with Gasteiger partial charge in [0.15, 0.2) is 0 Å². The molecule has 0 aromatic carbocycles. The second-order valence-corrected chi connectivity index (χ2v) is 6.48. The van der Waals surface area contributed by atoms with Crippen molar-refractivity contribution in [1.82, 2.24) is 0 Å². The number of hydrogen-bond donors (Lipinski definition) is 0. The van der Waals surface area contributed by atoms with Gasteiger partial charge in [0.25, 0.3) is 0 Å². The summed E-state index contributed by atoms with van der Waals surface area (Å²) in [7, 11) is 0. The second kappa shape index (κ2) is 4.45. The molecule has 1 nitrogen and oxygen atoms in total. The molecule has 2 aliphatic rings. The van der Waals surface area contributed by atoms with Crippen molar-refractivity contribution in [2.45, 2.75) is 60.9 Å². The van der Waals surface area contributed by atoms with Crippen LogP contribution in [-0.2, 0) is 4.74 Å². The van der Waals surface area contributed by atoms with Crippen molar-refractivity contribution < 1.29 is 4.74 Å². The van der Waals surface area contributed by atoms with E-state index in [0.717, 1.165) is 10.5 Å². The van der Waals surface area contributed by atoms with Gasteiger partial charge in [-0.05, 0) is 12.8 Å². The Morgan fingerprint density at radius 2 is 1.38 bits per heavy atom. The highest BCUT2D eigenvalue weighted by atomic mass is 32.2. The summed E-state index contributed by atoms with van der Waals surface area (Å²) in [5.41, 5.74) is 1.11. The molecule has 76 valence electrons. The van der Waals surface area contributed by atoms with E-state index in [4.69, 9.17) is 4.74 Å². The average molecular weight is 218 g/mol. The molecule has 2 fully saturated rings. The maximum Gasteiger partial charge on any atom is 0.117 e. The summed E-state index contributed by atoms with van der Waals surface area (Å²) in [6.07, 6.45) is 5.28. The van der Waals surface area contributed by atoms with Crippen LogP contribution in [0.5, 0.6) is 0 Å². The van der Waals surface area contributed by atoms with E-state index < -0.39 is 0 Å². The molecule has 0 spiro atoms. The van der Waals surface area contributed by atoms with Gasteiger partial charge in [-0.1, -0.05) is 26.7 Å². The Hall–Kier alpha value is 0.660. The van der Waals surface area contributed by atoms with Gasteiger partial charge in [0.1, 0.15) is 10.9 Å². The fourth-order valence-corrected chi connectivity index (χ4v) is 3.69. The van der Waals surface area contributed by atoms with Crippen LogP contribution in [0.15, 0.2) is 0 Å². The highest BCUT2D eigenvalue weighted by molar-refractivity contribution is 8.08. The largest absolute Gasteiger partial charge is 0.351 e.